The van der Waals surface area contributed by atoms with Gasteiger partial charge in [0.05, 0.1) is 12.7 Å². The highest BCUT2D eigenvalue weighted by atomic mass is 16.5. The predicted octanol–water partition coefficient (Wildman–Crippen LogP) is 4.69. The van der Waals surface area contributed by atoms with E-state index in [0.717, 1.165) is 16.9 Å². The van der Waals surface area contributed by atoms with Crippen LogP contribution in [0.2, 0.25) is 0 Å². The highest BCUT2D eigenvalue weighted by Crippen LogP contribution is 2.29. The molecule has 0 atom stereocenters. The molecule has 0 saturated carbocycles. The van der Waals surface area contributed by atoms with E-state index in [9.17, 15) is 5.26 Å². The molecule has 0 aliphatic heterocycles. The van der Waals surface area contributed by atoms with Crippen LogP contribution in [-0.2, 0) is 0 Å². The van der Waals surface area contributed by atoms with Crippen molar-refractivity contribution in [2.45, 2.75) is 0 Å². The monoisotopic (exact) mass is 345 g/mol. The highest BCUT2D eigenvalue weighted by molar-refractivity contribution is 5.70. The lowest BCUT2D eigenvalue weighted by atomic mass is 10.1. The lowest BCUT2D eigenvalue weighted by molar-refractivity contribution is 0.217. The van der Waals surface area contributed by atoms with E-state index in [2.05, 4.69) is 6.07 Å². The number of hydrogen-bond donors (Lipinski definition) is 0. The fraction of sp³-hybridized carbons (Fsp3) is 0.136. The van der Waals surface area contributed by atoms with Crippen LogP contribution in [-0.4, -0.2) is 20.3 Å². The summed E-state index contributed by atoms with van der Waals surface area (Å²) in [6.07, 6.45) is 0. The standard InChI is InChI=1S/C22H19NO3/c1-24-19-12-11-18(16-23)22(15-19)26-14-13-25-21-10-6-5-9-20(21)17-7-3-2-4-8-17/h2-12,15H,13-14H2,1H3. The molecule has 0 aliphatic carbocycles. The Morgan fingerprint density at radius 3 is 2.23 bits per heavy atom. The first-order valence-electron chi connectivity index (χ1n) is 8.30. The van der Waals surface area contributed by atoms with E-state index >= 15 is 0 Å². The first-order valence-corrected chi connectivity index (χ1v) is 8.30. The van der Waals surface area contributed by atoms with Crippen LogP contribution in [0.4, 0.5) is 0 Å². The lowest BCUT2D eigenvalue weighted by Crippen LogP contribution is -2.10. The van der Waals surface area contributed by atoms with Gasteiger partial charge in [0, 0.05) is 11.6 Å². The summed E-state index contributed by atoms with van der Waals surface area (Å²) < 4.78 is 16.8. The van der Waals surface area contributed by atoms with E-state index in [1.165, 1.54) is 0 Å². The van der Waals surface area contributed by atoms with Crippen LogP contribution in [0.5, 0.6) is 17.2 Å². The van der Waals surface area contributed by atoms with Gasteiger partial charge in [0.15, 0.2) is 0 Å². The summed E-state index contributed by atoms with van der Waals surface area (Å²) in [7, 11) is 1.58. The molecule has 3 aromatic rings. The summed E-state index contributed by atoms with van der Waals surface area (Å²) in [5.74, 6) is 1.94. The van der Waals surface area contributed by atoms with Gasteiger partial charge >= 0.3 is 0 Å². The van der Waals surface area contributed by atoms with E-state index in [0.29, 0.717) is 30.3 Å². The number of para-hydroxylation sites is 1. The molecule has 130 valence electrons. The molecule has 0 unspecified atom stereocenters. The molecular weight excluding hydrogens is 326 g/mol. The van der Waals surface area contributed by atoms with Gasteiger partial charge in [0.25, 0.3) is 0 Å². The van der Waals surface area contributed by atoms with Crippen molar-refractivity contribution in [3.05, 3.63) is 78.4 Å². The van der Waals surface area contributed by atoms with Crippen molar-refractivity contribution in [2.24, 2.45) is 0 Å². The average molecular weight is 345 g/mol. The number of nitriles is 1. The van der Waals surface area contributed by atoms with Gasteiger partial charge in [-0.15, -0.1) is 0 Å². The van der Waals surface area contributed by atoms with Crippen LogP contribution in [0.15, 0.2) is 72.8 Å². The number of hydrogen-bond acceptors (Lipinski definition) is 4. The fourth-order valence-electron chi connectivity index (χ4n) is 2.59. The zero-order valence-electron chi connectivity index (χ0n) is 14.5. The molecule has 4 nitrogen and oxygen atoms in total. The largest absolute Gasteiger partial charge is 0.497 e. The summed E-state index contributed by atoms with van der Waals surface area (Å²) in [6.45, 7) is 0.691. The molecule has 3 rings (SSSR count). The SMILES string of the molecule is COc1ccc(C#N)c(OCCOc2ccccc2-c2ccccc2)c1. The molecule has 0 bridgehead atoms. The maximum absolute atomic E-state index is 9.18. The van der Waals surface area contributed by atoms with Crippen LogP contribution in [0.25, 0.3) is 11.1 Å². The molecule has 0 heterocycles. The van der Waals surface area contributed by atoms with Crippen molar-refractivity contribution in [3.8, 4) is 34.4 Å². The van der Waals surface area contributed by atoms with Gasteiger partial charge in [-0.2, -0.15) is 5.26 Å². The molecule has 0 saturated heterocycles. The highest BCUT2D eigenvalue weighted by Gasteiger charge is 2.07. The number of methoxy groups -OCH3 is 1. The second-order valence-electron chi connectivity index (χ2n) is 5.53. The quantitative estimate of drug-likeness (QED) is 0.583. The van der Waals surface area contributed by atoms with Gasteiger partial charge in [-0.25, -0.2) is 0 Å². The minimum absolute atomic E-state index is 0.324. The Hall–Kier alpha value is -3.45. The van der Waals surface area contributed by atoms with Crippen LogP contribution in [0.3, 0.4) is 0 Å². The van der Waals surface area contributed by atoms with Crippen molar-refractivity contribution >= 4 is 0 Å². The Kier molecular flexibility index (Phi) is 5.74. The number of benzene rings is 3. The number of rotatable bonds is 7. The maximum Gasteiger partial charge on any atom is 0.140 e. The van der Waals surface area contributed by atoms with Crippen LogP contribution >= 0.6 is 0 Å². The van der Waals surface area contributed by atoms with E-state index in [1.54, 1.807) is 25.3 Å². The lowest BCUT2D eigenvalue weighted by Gasteiger charge is -2.13. The van der Waals surface area contributed by atoms with Crippen molar-refractivity contribution in [1.82, 2.24) is 0 Å². The normalized spacial score (nSPS) is 10.0. The third-order valence-corrected chi connectivity index (χ3v) is 3.88. The number of nitrogens with zero attached hydrogens (tertiary/aromatic N) is 1. The van der Waals surface area contributed by atoms with Gasteiger partial charge in [-0.05, 0) is 23.8 Å². The van der Waals surface area contributed by atoms with Crippen molar-refractivity contribution in [1.29, 1.82) is 5.26 Å². The first kappa shape index (κ1) is 17.4. The van der Waals surface area contributed by atoms with E-state index < -0.39 is 0 Å². The predicted molar refractivity (Wildman–Crippen MR) is 101 cm³/mol. The molecule has 0 radical (unpaired) electrons. The third kappa shape index (κ3) is 4.14. The van der Waals surface area contributed by atoms with Crippen LogP contribution < -0.4 is 14.2 Å². The van der Waals surface area contributed by atoms with Gasteiger partial charge in [-0.3, -0.25) is 0 Å². The second-order valence-corrected chi connectivity index (χ2v) is 5.53. The molecule has 0 fully saturated rings. The van der Waals surface area contributed by atoms with Crippen molar-refractivity contribution < 1.29 is 14.2 Å². The van der Waals surface area contributed by atoms with E-state index in [1.807, 2.05) is 54.6 Å². The molecule has 0 spiro atoms. The third-order valence-electron chi connectivity index (χ3n) is 3.88. The Morgan fingerprint density at radius 1 is 0.808 bits per heavy atom. The number of ether oxygens (including phenoxy) is 3. The zero-order valence-corrected chi connectivity index (χ0v) is 14.5. The van der Waals surface area contributed by atoms with Gasteiger partial charge in [-0.1, -0.05) is 48.5 Å². The van der Waals surface area contributed by atoms with E-state index in [4.69, 9.17) is 14.2 Å². The van der Waals surface area contributed by atoms with Gasteiger partial charge < -0.3 is 14.2 Å². The average Bonchev–Trinajstić information content (AvgIpc) is 2.72. The molecule has 0 aromatic heterocycles. The molecule has 26 heavy (non-hydrogen) atoms. The Labute approximate surface area is 153 Å². The summed E-state index contributed by atoms with van der Waals surface area (Å²) in [4.78, 5) is 0. The molecule has 0 N–H and O–H groups in total. The summed E-state index contributed by atoms with van der Waals surface area (Å²) in [6, 6.07) is 25.2. The topological polar surface area (TPSA) is 51.5 Å². The molecule has 0 aliphatic rings. The van der Waals surface area contributed by atoms with Gasteiger partial charge in [0.2, 0.25) is 0 Å². The summed E-state index contributed by atoms with van der Waals surface area (Å²) in [5, 5.41) is 9.18. The van der Waals surface area contributed by atoms with E-state index in [-0.39, 0.29) is 0 Å². The summed E-state index contributed by atoms with van der Waals surface area (Å²) >= 11 is 0. The molecule has 4 heteroatoms. The molecule has 0 amide bonds. The molecule has 3 aromatic carbocycles. The minimum atomic E-state index is 0.324. The minimum Gasteiger partial charge on any atom is -0.497 e. The smallest absolute Gasteiger partial charge is 0.140 e. The van der Waals surface area contributed by atoms with Gasteiger partial charge in [0.1, 0.15) is 36.5 Å². The maximum atomic E-state index is 9.18. The fourth-order valence-corrected chi connectivity index (χ4v) is 2.59. The first-order chi connectivity index (χ1) is 12.8. The summed E-state index contributed by atoms with van der Waals surface area (Å²) in [5.41, 5.74) is 2.60. The van der Waals surface area contributed by atoms with Crippen LogP contribution in [0.1, 0.15) is 5.56 Å². The van der Waals surface area contributed by atoms with Crippen LogP contribution in [0, 0.1) is 11.3 Å². The second kappa shape index (κ2) is 8.59. The van der Waals surface area contributed by atoms with Crippen molar-refractivity contribution in [2.75, 3.05) is 20.3 Å². The Bertz CT molecular complexity index is 901. The molecular formula is C22H19NO3. The van der Waals surface area contributed by atoms with Crippen molar-refractivity contribution in [3.63, 3.8) is 0 Å². The zero-order chi connectivity index (χ0) is 18.2. The Morgan fingerprint density at radius 2 is 1.50 bits per heavy atom. The Balaban J connectivity index is 1.64.